The first kappa shape index (κ1) is 10.3. The number of ether oxygens (including phenoxy) is 2. The van der Waals surface area contributed by atoms with Crippen LogP contribution in [0.1, 0.15) is 12.5 Å². The quantitative estimate of drug-likeness (QED) is 0.809. The van der Waals surface area contributed by atoms with Crippen molar-refractivity contribution < 1.29 is 9.47 Å². The molecule has 0 amide bonds. The third-order valence-corrected chi connectivity index (χ3v) is 2.93. The summed E-state index contributed by atoms with van der Waals surface area (Å²) in [5, 5.41) is 0. The summed E-state index contributed by atoms with van der Waals surface area (Å²) >= 11 is 0. The lowest BCUT2D eigenvalue weighted by Gasteiger charge is -2.11. The second kappa shape index (κ2) is 3.85. The Morgan fingerprint density at radius 3 is 3.12 bits per heavy atom. The maximum Gasteiger partial charge on any atom is 0.245 e. The van der Waals surface area contributed by atoms with Gasteiger partial charge in [-0.2, -0.15) is 4.98 Å². The van der Waals surface area contributed by atoms with Crippen LogP contribution in [0.3, 0.4) is 0 Å². The molecule has 0 radical (unpaired) electrons. The second-order valence-corrected chi connectivity index (χ2v) is 3.91. The van der Waals surface area contributed by atoms with Crippen LogP contribution in [0.4, 0.5) is 5.95 Å². The van der Waals surface area contributed by atoms with Gasteiger partial charge in [0.1, 0.15) is 6.33 Å². The first-order valence-electron chi connectivity index (χ1n) is 5.41. The van der Waals surface area contributed by atoms with Gasteiger partial charge >= 0.3 is 0 Å². The molecular weight excluding hydrogens is 222 g/mol. The van der Waals surface area contributed by atoms with E-state index in [4.69, 9.17) is 15.2 Å². The molecule has 0 saturated carbocycles. The highest BCUT2D eigenvalue weighted by atomic mass is 16.5. The Labute approximate surface area is 97.6 Å². The minimum atomic E-state index is 0.194. The van der Waals surface area contributed by atoms with Gasteiger partial charge in [0.15, 0.2) is 11.2 Å². The largest absolute Gasteiger partial charge is 0.479 e. The van der Waals surface area contributed by atoms with Crippen molar-refractivity contribution in [2.75, 3.05) is 26.1 Å². The molecule has 0 bridgehead atoms. The van der Waals surface area contributed by atoms with Crippen LogP contribution >= 0.6 is 0 Å². The lowest BCUT2D eigenvalue weighted by Crippen LogP contribution is -2.12. The van der Waals surface area contributed by atoms with Crippen LogP contribution in [0.25, 0.3) is 11.2 Å². The zero-order valence-electron chi connectivity index (χ0n) is 9.46. The molecule has 17 heavy (non-hydrogen) atoms. The molecule has 1 fully saturated rings. The van der Waals surface area contributed by atoms with E-state index in [1.54, 1.807) is 7.11 Å². The van der Waals surface area contributed by atoms with Gasteiger partial charge in [-0.05, 0) is 6.42 Å². The first-order valence-corrected chi connectivity index (χ1v) is 5.41. The van der Waals surface area contributed by atoms with E-state index >= 15 is 0 Å². The van der Waals surface area contributed by atoms with Gasteiger partial charge in [0.05, 0.1) is 19.8 Å². The van der Waals surface area contributed by atoms with E-state index in [0.717, 1.165) is 13.0 Å². The molecule has 1 aliphatic rings. The van der Waals surface area contributed by atoms with Crippen molar-refractivity contribution >= 4 is 17.1 Å². The fourth-order valence-electron chi connectivity index (χ4n) is 2.14. The number of nitrogens with two attached hydrogens (primary N) is 1. The van der Waals surface area contributed by atoms with E-state index < -0.39 is 0 Å². The highest BCUT2D eigenvalue weighted by Gasteiger charge is 2.24. The van der Waals surface area contributed by atoms with Crippen LogP contribution in [0, 0.1) is 0 Å². The number of nitrogens with zero attached hydrogens (tertiary/aromatic N) is 4. The number of nitrogen functional groups attached to an aromatic ring is 1. The molecular formula is C10H13N5O2. The Balaban J connectivity index is 2.20. The summed E-state index contributed by atoms with van der Waals surface area (Å²) in [5.41, 5.74) is 7.23. The number of aromatic nitrogens is 4. The van der Waals surface area contributed by atoms with Crippen LogP contribution in [-0.2, 0) is 4.74 Å². The van der Waals surface area contributed by atoms with Gasteiger partial charge in [0.2, 0.25) is 11.8 Å². The van der Waals surface area contributed by atoms with Gasteiger partial charge in [-0.15, -0.1) is 0 Å². The average molecular weight is 235 g/mol. The predicted molar refractivity (Wildman–Crippen MR) is 60.8 cm³/mol. The molecule has 2 N–H and O–H groups in total. The topological polar surface area (TPSA) is 88.1 Å². The average Bonchev–Trinajstić information content (AvgIpc) is 2.93. The summed E-state index contributed by atoms with van der Waals surface area (Å²) in [6.07, 6.45) is 2.37. The van der Waals surface area contributed by atoms with Gasteiger partial charge in [0, 0.05) is 6.61 Å². The Morgan fingerprint density at radius 2 is 2.41 bits per heavy atom. The van der Waals surface area contributed by atoms with E-state index in [9.17, 15) is 0 Å². The standard InChI is InChI=1S/C10H13N5O2/c1-16-9-7-8(12-5-13-9)15(10(11)14-7)6-2-3-17-4-6/h5-6H,2-4H2,1H3,(H2,11,14). The molecule has 1 aliphatic heterocycles. The van der Waals surface area contributed by atoms with E-state index in [1.165, 1.54) is 6.33 Å². The fourth-order valence-corrected chi connectivity index (χ4v) is 2.14. The summed E-state index contributed by atoms with van der Waals surface area (Å²) in [5.74, 6) is 0.869. The normalized spacial score (nSPS) is 19.9. The molecule has 1 unspecified atom stereocenters. The van der Waals surface area contributed by atoms with E-state index in [2.05, 4.69) is 15.0 Å². The van der Waals surface area contributed by atoms with Crippen LogP contribution in [0.2, 0.25) is 0 Å². The summed E-state index contributed by atoms with van der Waals surface area (Å²) in [7, 11) is 1.55. The van der Waals surface area contributed by atoms with Crippen molar-refractivity contribution in [3.8, 4) is 5.88 Å². The molecule has 0 aliphatic carbocycles. The van der Waals surface area contributed by atoms with Crippen molar-refractivity contribution in [1.82, 2.24) is 19.5 Å². The van der Waals surface area contributed by atoms with Gasteiger partial charge in [-0.3, -0.25) is 4.57 Å². The molecule has 1 atom stereocenters. The SMILES string of the molecule is COc1ncnc2c1nc(N)n2C1CCOC1. The van der Waals surface area contributed by atoms with Gasteiger partial charge in [-0.25, -0.2) is 9.97 Å². The minimum Gasteiger partial charge on any atom is -0.479 e. The second-order valence-electron chi connectivity index (χ2n) is 3.91. The monoisotopic (exact) mass is 235 g/mol. The summed E-state index contributed by atoms with van der Waals surface area (Å²) in [4.78, 5) is 12.5. The Morgan fingerprint density at radius 1 is 1.53 bits per heavy atom. The lowest BCUT2D eigenvalue weighted by molar-refractivity contribution is 0.187. The number of hydrogen-bond acceptors (Lipinski definition) is 6. The molecule has 3 rings (SSSR count). The maximum atomic E-state index is 5.93. The highest BCUT2D eigenvalue weighted by Crippen LogP contribution is 2.29. The number of hydrogen-bond donors (Lipinski definition) is 1. The Hall–Kier alpha value is -1.89. The summed E-state index contributed by atoms with van der Waals surface area (Å²) < 4.78 is 12.4. The van der Waals surface area contributed by atoms with Crippen molar-refractivity contribution in [1.29, 1.82) is 0 Å². The fraction of sp³-hybridized carbons (Fsp3) is 0.500. The third kappa shape index (κ3) is 1.50. The number of methoxy groups -OCH3 is 1. The van der Waals surface area contributed by atoms with Crippen LogP contribution < -0.4 is 10.5 Å². The van der Waals surface area contributed by atoms with E-state index in [0.29, 0.717) is 29.6 Å². The Bertz CT molecular complexity index is 547. The zero-order chi connectivity index (χ0) is 11.8. The molecule has 3 heterocycles. The molecule has 90 valence electrons. The minimum absolute atomic E-state index is 0.194. The maximum absolute atomic E-state index is 5.93. The first-order chi connectivity index (χ1) is 8.31. The number of rotatable bonds is 2. The highest BCUT2D eigenvalue weighted by molar-refractivity contribution is 5.79. The molecule has 7 heteroatoms. The zero-order valence-corrected chi connectivity index (χ0v) is 9.46. The predicted octanol–water partition coefficient (Wildman–Crippen LogP) is 0.378. The molecule has 0 spiro atoms. The van der Waals surface area contributed by atoms with Crippen LogP contribution in [-0.4, -0.2) is 39.8 Å². The Kier molecular flexibility index (Phi) is 2.32. The molecule has 7 nitrogen and oxygen atoms in total. The van der Waals surface area contributed by atoms with Crippen molar-refractivity contribution in [3.05, 3.63) is 6.33 Å². The van der Waals surface area contributed by atoms with Gasteiger partial charge < -0.3 is 15.2 Å². The summed E-state index contributed by atoms with van der Waals surface area (Å²) in [6.45, 7) is 1.38. The molecule has 1 saturated heterocycles. The van der Waals surface area contributed by atoms with Crippen molar-refractivity contribution in [2.24, 2.45) is 0 Å². The third-order valence-electron chi connectivity index (χ3n) is 2.93. The molecule has 2 aromatic rings. The molecule has 0 aromatic carbocycles. The molecule has 2 aromatic heterocycles. The smallest absolute Gasteiger partial charge is 0.245 e. The van der Waals surface area contributed by atoms with E-state index in [1.807, 2.05) is 4.57 Å². The van der Waals surface area contributed by atoms with Crippen molar-refractivity contribution in [2.45, 2.75) is 12.5 Å². The summed E-state index contributed by atoms with van der Waals surface area (Å²) in [6, 6.07) is 0.194. The van der Waals surface area contributed by atoms with E-state index in [-0.39, 0.29) is 6.04 Å². The van der Waals surface area contributed by atoms with Gasteiger partial charge in [-0.1, -0.05) is 0 Å². The van der Waals surface area contributed by atoms with Gasteiger partial charge in [0.25, 0.3) is 0 Å². The number of anilines is 1. The van der Waals surface area contributed by atoms with Crippen LogP contribution in [0.15, 0.2) is 6.33 Å². The van der Waals surface area contributed by atoms with Crippen molar-refractivity contribution in [3.63, 3.8) is 0 Å². The number of fused-ring (bicyclic) bond motifs is 1. The number of imidazole rings is 1. The van der Waals surface area contributed by atoms with Crippen LogP contribution in [0.5, 0.6) is 5.88 Å². The lowest BCUT2D eigenvalue weighted by atomic mass is 10.2.